The highest BCUT2D eigenvalue weighted by molar-refractivity contribution is 6.32. The van der Waals surface area contributed by atoms with Crippen molar-refractivity contribution in [3.63, 3.8) is 0 Å². The normalized spacial score (nSPS) is 10.3. The zero-order chi connectivity index (χ0) is 16.8. The summed E-state index contributed by atoms with van der Waals surface area (Å²) in [5.74, 6) is 0.519. The number of methoxy groups -OCH3 is 1. The lowest BCUT2D eigenvalue weighted by molar-refractivity contribution is -0.115. The minimum atomic E-state index is -0.0657. The van der Waals surface area contributed by atoms with Gasteiger partial charge in [0, 0.05) is 24.3 Å². The average molecular weight is 333 g/mol. The number of anilines is 2. The molecule has 0 radical (unpaired) electrons. The Hall–Kier alpha value is -2.20. The van der Waals surface area contributed by atoms with Gasteiger partial charge in [-0.3, -0.25) is 4.79 Å². The van der Waals surface area contributed by atoms with Crippen LogP contribution in [-0.4, -0.2) is 19.6 Å². The van der Waals surface area contributed by atoms with Crippen LogP contribution in [0.5, 0.6) is 5.75 Å². The third-order valence-electron chi connectivity index (χ3n) is 3.50. The van der Waals surface area contributed by atoms with E-state index in [1.807, 2.05) is 13.8 Å². The van der Waals surface area contributed by atoms with Crippen molar-refractivity contribution in [2.24, 2.45) is 0 Å². The molecule has 122 valence electrons. The quantitative estimate of drug-likeness (QED) is 0.824. The molecule has 0 saturated heterocycles. The summed E-state index contributed by atoms with van der Waals surface area (Å²) in [7, 11) is 1.55. The molecule has 2 aromatic rings. The zero-order valence-corrected chi connectivity index (χ0v) is 14.3. The third kappa shape index (κ3) is 4.89. The second-order valence-corrected chi connectivity index (χ2v) is 5.80. The van der Waals surface area contributed by atoms with Crippen LogP contribution in [0.25, 0.3) is 0 Å². The molecule has 4 nitrogen and oxygen atoms in total. The Morgan fingerprint density at radius 1 is 1.17 bits per heavy atom. The molecule has 0 spiro atoms. The van der Waals surface area contributed by atoms with Crippen LogP contribution in [-0.2, 0) is 4.79 Å². The Balaban J connectivity index is 1.85. The number of aryl methyl sites for hydroxylation is 2. The van der Waals surface area contributed by atoms with E-state index in [2.05, 4.69) is 28.8 Å². The molecule has 23 heavy (non-hydrogen) atoms. The highest BCUT2D eigenvalue weighted by Gasteiger charge is 2.06. The Morgan fingerprint density at radius 2 is 1.96 bits per heavy atom. The van der Waals surface area contributed by atoms with E-state index in [0.29, 0.717) is 29.4 Å². The van der Waals surface area contributed by atoms with Crippen molar-refractivity contribution in [3.05, 3.63) is 52.5 Å². The summed E-state index contributed by atoms with van der Waals surface area (Å²) in [5, 5.41) is 6.59. The molecule has 1 amide bonds. The van der Waals surface area contributed by atoms with E-state index >= 15 is 0 Å². The van der Waals surface area contributed by atoms with Crippen LogP contribution in [0.3, 0.4) is 0 Å². The number of amides is 1. The van der Waals surface area contributed by atoms with Crippen LogP contribution in [0.1, 0.15) is 17.5 Å². The molecule has 0 aliphatic heterocycles. The number of benzene rings is 2. The van der Waals surface area contributed by atoms with Gasteiger partial charge in [0.15, 0.2) is 0 Å². The van der Waals surface area contributed by atoms with E-state index in [9.17, 15) is 4.79 Å². The number of rotatable bonds is 6. The van der Waals surface area contributed by atoms with Gasteiger partial charge < -0.3 is 15.4 Å². The molecule has 0 atom stereocenters. The lowest BCUT2D eigenvalue weighted by Gasteiger charge is -2.11. The first-order chi connectivity index (χ1) is 11.0. The van der Waals surface area contributed by atoms with Crippen molar-refractivity contribution in [3.8, 4) is 5.75 Å². The zero-order valence-electron chi connectivity index (χ0n) is 13.6. The smallest absolute Gasteiger partial charge is 0.226 e. The lowest BCUT2D eigenvalue weighted by Crippen LogP contribution is -2.16. The molecule has 0 aliphatic rings. The molecule has 2 aromatic carbocycles. The molecule has 0 heterocycles. The molecule has 2 N–H and O–H groups in total. The predicted molar refractivity (Wildman–Crippen MR) is 95.7 cm³/mol. The van der Waals surface area contributed by atoms with Gasteiger partial charge in [0.1, 0.15) is 5.75 Å². The Kier molecular flexibility index (Phi) is 5.88. The fourth-order valence-corrected chi connectivity index (χ4v) is 2.46. The van der Waals surface area contributed by atoms with Crippen molar-refractivity contribution in [1.82, 2.24) is 0 Å². The Morgan fingerprint density at radius 3 is 2.65 bits per heavy atom. The third-order valence-corrected chi connectivity index (χ3v) is 3.79. The van der Waals surface area contributed by atoms with Gasteiger partial charge in [-0.05, 0) is 49.2 Å². The van der Waals surface area contributed by atoms with Gasteiger partial charge in [-0.1, -0.05) is 23.7 Å². The summed E-state index contributed by atoms with van der Waals surface area (Å²) in [6.45, 7) is 4.66. The average Bonchev–Trinajstić information content (AvgIpc) is 2.51. The Bertz CT molecular complexity index is 701. The number of hydrogen-bond donors (Lipinski definition) is 2. The van der Waals surface area contributed by atoms with Gasteiger partial charge in [0.25, 0.3) is 0 Å². The molecule has 0 aromatic heterocycles. The van der Waals surface area contributed by atoms with Gasteiger partial charge >= 0.3 is 0 Å². The molecule has 0 fully saturated rings. The minimum Gasteiger partial charge on any atom is -0.495 e. The summed E-state index contributed by atoms with van der Waals surface area (Å²) >= 11 is 6.04. The standard InChI is InChI=1S/C18H21ClN2O2/c1-12-4-5-13(2)16(10-12)20-9-8-18(22)21-14-6-7-17(23-3)15(19)11-14/h4-7,10-11,20H,8-9H2,1-3H3,(H,21,22). The topological polar surface area (TPSA) is 50.4 Å². The number of ether oxygens (including phenoxy) is 1. The number of carbonyl (C=O) groups excluding carboxylic acids is 1. The summed E-state index contributed by atoms with van der Waals surface area (Å²) in [6.07, 6.45) is 0.372. The second-order valence-electron chi connectivity index (χ2n) is 5.39. The lowest BCUT2D eigenvalue weighted by atomic mass is 10.1. The molecule has 0 aliphatic carbocycles. The summed E-state index contributed by atoms with van der Waals surface area (Å²) in [4.78, 5) is 12.0. The van der Waals surface area contributed by atoms with E-state index in [-0.39, 0.29) is 5.91 Å². The summed E-state index contributed by atoms with van der Waals surface area (Å²) in [6, 6.07) is 11.4. The van der Waals surface area contributed by atoms with Crippen LogP contribution < -0.4 is 15.4 Å². The summed E-state index contributed by atoms with van der Waals surface area (Å²) < 4.78 is 5.08. The SMILES string of the molecule is COc1ccc(NC(=O)CCNc2cc(C)ccc2C)cc1Cl. The van der Waals surface area contributed by atoms with Crippen molar-refractivity contribution in [2.75, 3.05) is 24.3 Å². The Labute approximate surface area is 141 Å². The number of hydrogen-bond acceptors (Lipinski definition) is 3. The predicted octanol–water partition coefficient (Wildman–Crippen LogP) is 4.41. The highest BCUT2D eigenvalue weighted by Crippen LogP contribution is 2.27. The van der Waals surface area contributed by atoms with Crippen LogP contribution >= 0.6 is 11.6 Å². The van der Waals surface area contributed by atoms with E-state index < -0.39 is 0 Å². The summed E-state index contributed by atoms with van der Waals surface area (Å²) in [5.41, 5.74) is 4.08. The first-order valence-electron chi connectivity index (χ1n) is 7.44. The van der Waals surface area contributed by atoms with Crippen molar-refractivity contribution in [1.29, 1.82) is 0 Å². The first-order valence-corrected chi connectivity index (χ1v) is 7.82. The maximum absolute atomic E-state index is 12.0. The number of halogens is 1. The fourth-order valence-electron chi connectivity index (χ4n) is 2.20. The molecule has 0 saturated carbocycles. The monoisotopic (exact) mass is 332 g/mol. The minimum absolute atomic E-state index is 0.0657. The van der Waals surface area contributed by atoms with Gasteiger partial charge in [0.05, 0.1) is 12.1 Å². The van der Waals surface area contributed by atoms with Gasteiger partial charge in [-0.15, -0.1) is 0 Å². The van der Waals surface area contributed by atoms with Gasteiger partial charge in [-0.25, -0.2) is 0 Å². The number of carbonyl (C=O) groups is 1. The molecular formula is C18H21ClN2O2. The number of nitrogens with one attached hydrogen (secondary N) is 2. The second kappa shape index (κ2) is 7.88. The van der Waals surface area contributed by atoms with Crippen LogP contribution in [0, 0.1) is 13.8 Å². The fraction of sp³-hybridized carbons (Fsp3) is 0.278. The highest BCUT2D eigenvalue weighted by atomic mass is 35.5. The van der Waals surface area contributed by atoms with Crippen molar-refractivity contribution in [2.45, 2.75) is 20.3 Å². The molecule has 0 bridgehead atoms. The molecule has 2 rings (SSSR count). The van der Waals surface area contributed by atoms with Gasteiger partial charge in [-0.2, -0.15) is 0 Å². The van der Waals surface area contributed by atoms with Gasteiger partial charge in [0.2, 0.25) is 5.91 Å². The van der Waals surface area contributed by atoms with Crippen molar-refractivity contribution < 1.29 is 9.53 Å². The molecule has 5 heteroatoms. The largest absolute Gasteiger partial charge is 0.495 e. The maximum atomic E-state index is 12.0. The van der Waals surface area contributed by atoms with Crippen LogP contribution in [0.2, 0.25) is 5.02 Å². The van der Waals surface area contributed by atoms with E-state index in [1.54, 1.807) is 25.3 Å². The van der Waals surface area contributed by atoms with E-state index in [4.69, 9.17) is 16.3 Å². The van der Waals surface area contributed by atoms with Crippen LogP contribution in [0.15, 0.2) is 36.4 Å². The van der Waals surface area contributed by atoms with E-state index in [1.165, 1.54) is 5.56 Å². The first kappa shape index (κ1) is 17.2. The van der Waals surface area contributed by atoms with E-state index in [0.717, 1.165) is 11.3 Å². The molecule has 0 unspecified atom stereocenters. The molecular weight excluding hydrogens is 312 g/mol. The maximum Gasteiger partial charge on any atom is 0.226 e. The van der Waals surface area contributed by atoms with Crippen molar-refractivity contribution >= 4 is 28.9 Å². The van der Waals surface area contributed by atoms with Crippen LogP contribution in [0.4, 0.5) is 11.4 Å².